The first-order chi connectivity index (χ1) is 17.6. The van der Waals surface area contributed by atoms with Crippen molar-refractivity contribution in [3.8, 4) is 11.5 Å². The molecule has 3 aliphatic rings. The molecule has 1 aromatic heterocycles. The van der Waals surface area contributed by atoms with Gasteiger partial charge in [0.2, 0.25) is 6.79 Å². The summed E-state index contributed by atoms with van der Waals surface area (Å²) in [6.45, 7) is 2.14. The molecule has 6 rings (SSSR count). The molecule has 1 aliphatic carbocycles. The third kappa shape index (κ3) is 4.13. The predicted molar refractivity (Wildman–Crippen MR) is 136 cm³/mol. The van der Waals surface area contributed by atoms with Gasteiger partial charge in [0, 0.05) is 34.5 Å². The fourth-order valence-corrected chi connectivity index (χ4v) is 6.26. The molecule has 0 bridgehead atoms. The van der Waals surface area contributed by atoms with Gasteiger partial charge in [-0.1, -0.05) is 42.5 Å². The summed E-state index contributed by atoms with van der Waals surface area (Å²) in [4.78, 5) is 33.3. The van der Waals surface area contributed by atoms with Crippen LogP contribution >= 0.6 is 11.3 Å². The summed E-state index contributed by atoms with van der Waals surface area (Å²) in [5.41, 5.74) is 3.59. The molecule has 6 nitrogen and oxygen atoms in total. The lowest BCUT2D eigenvalue weighted by molar-refractivity contribution is -0.140. The van der Waals surface area contributed by atoms with Crippen LogP contribution in [0.1, 0.15) is 47.6 Å². The second kappa shape index (κ2) is 9.39. The molecule has 3 atom stereocenters. The van der Waals surface area contributed by atoms with Crippen molar-refractivity contribution < 1.29 is 23.8 Å². The van der Waals surface area contributed by atoms with Crippen molar-refractivity contribution >= 4 is 28.8 Å². The third-order valence-corrected chi connectivity index (χ3v) is 8.12. The van der Waals surface area contributed by atoms with Gasteiger partial charge in [-0.05, 0) is 48.1 Å². The highest BCUT2D eigenvalue weighted by atomic mass is 32.1. The number of benzene rings is 2. The van der Waals surface area contributed by atoms with E-state index < -0.39 is 17.8 Å². The van der Waals surface area contributed by atoms with E-state index in [-0.39, 0.29) is 25.1 Å². The summed E-state index contributed by atoms with van der Waals surface area (Å²) in [6.07, 6.45) is 1.12. The first-order valence-corrected chi connectivity index (χ1v) is 12.9. The van der Waals surface area contributed by atoms with Crippen LogP contribution in [-0.2, 0) is 20.9 Å². The summed E-state index contributed by atoms with van der Waals surface area (Å²) in [6, 6.07) is 19.3. The van der Waals surface area contributed by atoms with E-state index in [0.717, 1.165) is 16.8 Å². The van der Waals surface area contributed by atoms with Crippen LogP contribution in [0.5, 0.6) is 11.5 Å². The fourth-order valence-electron chi connectivity index (χ4n) is 5.43. The number of carbonyl (C=O) groups is 2. The Hall–Kier alpha value is -3.71. The molecule has 7 heteroatoms. The van der Waals surface area contributed by atoms with Crippen molar-refractivity contribution in [1.29, 1.82) is 0 Å². The Morgan fingerprint density at radius 2 is 1.86 bits per heavy atom. The number of hydrogen-bond donors (Lipinski definition) is 0. The lowest BCUT2D eigenvalue weighted by Gasteiger charge is -2.38. The van der Waals surface area contributed by atoms with Gasteiger partial charge in [0.05, 0.1) is 11.5 Å². The molecule has 3 heterocycles. The normalized spacial score (nSPS) is 22.8. The molecular formula is C29H25NO5S. The molecule has 2 aromatic carbocycles. The number of ketones is 1. The van der Waals surface area contributed by atoms with Crippen LogP contribution < -0.4 is 9.47 Å². The minimum atomic E-state index is -0.510. The van der Waals surface area contributed by atoms with Gasteiger partial charge in [-0.25, -0.2) is 4.79 Å². The topological polar surface area (TPSA) is 74.2 Å². The Morgan fingerprint density at radius 1 is 1.03 bits per heavy atom. The smallest absolute Gasteiger partial charge is 0.336 e. The van der Waals surface area contributed by atoms with Crippen LogP contribution in [0.2, 0.25) is 0 Å². The van der Waals surface area contributed by atoms with E-state index in [4.69, 9.17) is 19.2 Å². The molecule has 36 heavy (non-hydrogen) atoms. The van der Waals surface area contributed by atoms with Crippen molar-refractivity contribution in [2.75, 3.05) is 6.79 Å². The van der Waals surface area contributed by atoms with Crippen LogP contribution in [-0.4, -0.2) is 24.3 Å². The quantitative estimate of drug-likeness (QED) is 0.415. The summed E-state index contributed by atoms with van der Waals surface area (Å²) in [7, 11) is 0. The minimum absolute atomic E-state index is 0.0990. The van der Waals surface area contributed by atoms with Crippen molar-refractivity contribution in [2.24, 2.45) is 10.9 Å². The van der Waals surface area contributed by atoms with E-state index >= 15 is 0 Å². The van der Waals surface area contributed by atoms with Gasteiger partial charge in [-0.2, -0.15) is 0 Å². The molecule has 1 fully saturated rings. The zero-order chi connectivity index (χ0) is 24.6. The maximum atomic E-state index is 13.7. The molecule has 182 valence electrons. The Kier molecular flexibility index (Phi) is 5.93. The van der Waals surface area contributed by atoms with E-state index in [1.165, 1.54) is 4.88 Å². The number of carbonyl (C=O) groups excluding carboxylic acids is 2. The molecule has 0 amide bonds. The van der Waals surface area contributed by atoms with Gasteiger partial charge < -0.3 is 14.2 Å². The zero-order valence-electron chi connectivity index (χ0n) is 19.8. The Labute approximate surface area is 213 Å². The van der Waals surface area contributed by atoms with E-state index in [1.807, 2.05) is 66.9 Å². The highest BCUT2D eigenvalue weighted by Crippen LogP contribution is 2.48. The van der Waals surface area contributed by atoms with Crippen molar-refractivity contribution in [2.45, 2.75) is 38.2 Å². The number of ether oxygens (including phenoxy) is 3. The van der Waals surface area contributed by atoms with Crippen molar-refractivity contribution in [3.05, 3.63) is 93.3 Å². The highest BCUT2D eigenvalue weighted by Gasteiger charge is 2.46. The first kappa shape index (κ1) is 22.7. The molecule has 0 spiro atoms. The number of nitrogens with zero attached hydrogens (tertiary/aromatic N) is 1. The van der Waals surface area contributed by atoms with Gasteiger partial charge >= 0.3 is 5.97 Å². The summed E-state index contributed by atoms with van der Waals surface area (Å²) < 4.78 is 16.9. The maximum Gasteiger partial charge on any atom is 0.336 e. The Morgan fingerprint density at radius 3 is 2.67 bits per heavy atom. The van der Waals surface area contributed by atoms with Gasteiger partial charge in [0.15, 0.2) is 11.5 Å². The van der Waals surface area contributed by atoms with Crippen molar-refractivity contribution in [1.82, 2.24) is 0 Å². The first-order valence-electron chi connectivity index (χ1n) is 12.0. The minimum Gasteiger partial charge on any atom is -0.457 e. The van der Waals surface area contributed by atoms with Gasteiger partial charge in [-0.15, -0.1) is 11.3 Å². The third-order valence-electron chi connectivity index (χ3n) is 7.09. The van der Waals surface area contributed by atoms with E-state index in [0.29, 0.717) is 35.6 Å². The van der Waals surface area contributed by atoms with Gasteiger partial charge in [0.1, 0.15) is 12.4 Å². The van der Waals surface area contributed by atoms with Crippen LogP contribution in [0.15, 0.2) is 82.3 Å². The lowest BCUT2D eigenvalue weighted by Crippen LogP contribution is -2.41. The highest BCUT2D eigenvalue weighted by molar-refractivity contribution is 7.10. The molecule has 1 saturated carbocycles. The molecule has 3 aromatic rings. The number of hydrogen-bond acceptors (Lipinski definition) is 7. The Bertz CT molecular complexity index is 1380. The average Bonchev–Trinajstić information content (AvgIpc) is 3.59. The number of esters is 1. The number of rotatable bonds is 5. The molecule has 0 N–H and O–H groups in total. The zero-order valence-corrected chi connectivity index (χ0v) is 20.6. The van der Waals surface area contributed by atoms with E-state index in [2.05, 4.69) is 6.07 Å². The molecule has 0 unspecified atom stereocenters. The fraction of sp³-hybridized carbons (Fsp3) is 0.276. The van der Waals surface area contributed by atoms with Crippen LogP contribution in [0.25, 0.3) is 0 Å². The van der Waals surface area contributed by atoms with Crippen LogP contribution in [0, 0.1) is 5.92 Å². The van der Waals surface area contributed by atoms with Crippen molar-refractivity contribution in [3.63, 3.8) is 0 Å². The van der Waals surface area contributed by atoms with Crippen LogP contribution in [0.3, 0.4) is 0 Å². The standard InChI is InChI=1S/C29H25NO5S/c1-17-26(29(32)33-15-18-6-3-2-4-7-18)27(19-9-10-23-24(14-19)35-16-34-23)28-21(30-17)12-20(13-22(28)31)25-8-5-11-36-25/h2-11,14,20,27-28H,12-13,15-16H2,1H3/t20-,27+,28-/m0/s1. The summed E-state index contributed by atoms with van der Waals surface area (Å²) in [5, 5.41) is 2.04. The number of allylic oxidation sites excluding steroid dienone is 1. The average molecular weight is 500 g/mol. The van der Waals surface area contributed by atoms with E-state index in [1.54, 1.807) is 11.3 Å². The SMILES string of the molecule is CC1=C(C(=O)OCc2ccccc2)[C@@H](c2ccc3c(c2)OCO3)[C@@H]2C(=O)C[C@@H](c3cccs3)CC2=N1. The second-order valence-corrected chi connectivity index (χ2v) is 10.3. The number of fused-ring (bicyclic) bond motifs is 2. The van der Waals surface area contributed by atoms with Crippen LogP contribution in [0.4, 0.5) is 0 Å². The largest absolute Gasteiger partial charge is 0.457 e. The predicted octanol–water partition coefficient (Wildman–Crippen LogP) is 5.80. The maximum absolute atomic E-state index is 13.7. The van der Waals surface area contributed by atoms with Gasteiger partial charge in [0.25, 0.3) is 0 Å². The summed E-state index contributed by atoms with van der Waals surface area (Å²) in [5.74, 6) is 0.0360. The number of aliphatic imine (C=N–C) groups is 1. The number of Topliss-reactive ketones (excluding diaryl/α,β-unsaturated/α-hetero) is 1. The number of thiophene rings is 1. The molecule has 2 aliphatic heterocycles. The second-order valence-electron chi connectivity index (χ2n) is 9.32. The molecule has 0 radical (unpaired) electrons. The van der Waals surface area contributed by atoms with E-state index in [9.17, 15) is 9.59 Å². The van der Waals surface area contributed by atoms with Gasteiger partial charge in [-0.3, -0.25) is 9.79 Å². The monoisotopic (exact) mass is 499 g/mol. The Balaban J connectivity index is 1.39. The molecular weight excluding hydrogens is 474 g/mol. The lowest BCUT2D eigenvalue weighted by atomic mass is 9.67. The summed E-state index contributed by atoms with van der Waals surface area (Å²) >= 11 is 1.67. The molecule has 0 saturated heterocycles.